The molecule has 0 aliphatic carbocycles. The topological polar surface area (TPSA) is 78.3 Å². The fourth-order valence-corrected chi connectivity index (χ4v) is 5.51. The second kappa shape index (κ2) is 12.6. The van der Waals surface area contributed by atoms with Crippen molar-refractivity contribution >= 4 is 35.3 Å². The lowest BCUT2D eigenvalue weighted by Crippen LogP contribution is -2.29. The number of aromatic nitrogens is 3. The van der Waals surface area contributed by atoms with Crippen LogP contribution in [0.3, 0.4) is 0 Å². The Labute approximate surface area is 243 Å². The Morgan fingerprint density at radius 2 is 1.80 bits per heavy atom. The van der Waals surface area contributed by atoms with Crippen LogP contribution in [0.1, 0.15) is 48.6 Å². The van der Waals surface area contributed by atoms with E-state index < -0.39 is 6.04 Å². The summed E-state index contributed by atoms with van der Waals surface area (Å²) in [5, 5.41) is 9.34. The summed E-state index contributed by atoms with van der Waals surface area (Å²) in [5.41, 5.74) is 5.38. The third kappa shape index (κ3) is 6.35. The number of rotatable bonds is 10. The number of benzene rings is 3. The van der Waals surface area contributed by atoms with Gasteiger partial charge in [0.25, 0.3) is 0 Å². The average Bonchev–Trinajstić information content (AvgIpc) is 3.37. The summed E-state index contributed by atoms with van der Waals surface area (Å²) in [6.45, 7) is 6.71. The zero-order chi connectivity index (χ0) is 28.1. The van der Waals surface area contributed by atoms with Gasteiger partial charge in [0.05, 0.1) is 12.2 Å². The van der Waals surface area contributed by atoms with Gasteiger partial charge in [-0.05, 0) is 55.2 Å². The van der Waals surface area contributed by atoms with Crippen LogP contribution >= 0.6 is 23.4 Å². The predicted molar refractivity (Wildman–Crippen MR) is 159 cm³/mol. The Morgan fingerprint density at radius 1 is 1.05 bits per heavy atom. The lowest BCUT2D eigenvalue weighted by atomic mass is 9.96. The van der Waals surface area contributed by atoms with Crippen molar-refractivity contribution in [3.8, 4) is 5.75 Å². The van der Waals surface area contributed by atoms with Crippen LogP contribution in [-0.4, -0.2) is 27.3 Å². The largest absolute Gasteiger partial charge is 0.489 e. The number of esters is 1. The molecule has 2 heterocycles. The van der Waals surface area contributed by atoms with Crippen molar-refractivity contribution in [2.75, 3.05) is 11.9 Å². The van der Waals surface area contributed by atoms with Crippen molar-refractivity contribution in [2.45, 2.75) is 50.8 Å². The molecule has 3 aromatic carbocycles. The minimum atomic E-state index is -0.506. The standard InChI is InChI=1S/C31H31ClN4O3S/c1-4-17-38-29(37)27-21(3)33-30-34-31(40-19-24-7-5-6-8-26(24)32)35-36(30)28(27)23-13-15-25(16-14-23)39-18-22-11-9-20(2)10-12-22/h5-16,28H,4,17-19H2,1-3H3,(H,33,34,35). The number of carbonyl (C=O) groups is 1. The molecular formula is C31H31ClN4O3S. The molecule has 4 aromatic rings. The molecule has 0 spiro atoms. The number of thioether (sulfide) groups is 1. The van der Waals surface area contributed by atoms with Crippen LogP contribution in [0.25, 0.3) is 0 Å². The molecule has 5 rings (SSSR count). The van der Waals surface area contributed by atoms with Crippen LogP contribution in [0.15, 0.2) is 89.2 Å². The molecule has 1 aliphatic rings. The van der Waals surface area contributed by atoms with Gasteiger partial charge in [-0.1, -0.05) is 90.4 Å². The van der Waals surface area contributed by atoms with Gasteiger partial charge < -0.3 is 14.8 Å². The Bertz CT molecular complexity index is 1520. The number of nitrogens with one attached hydrogen (secondary N) is 1. The summed E-state index contributed by atoms with van der Waals surface area (Å²) in [6, 6.07) is 23.2. The third-order valence-electron chi connectivity index (χ3n) is 6.53. The highest BCUT2D eigenvalue weighted by atomic mass is 35.5. The number of allylic oxidation sites excluding steroid dienone is 1. The van der Waals surface area contributed by atoms with Crippen LogP contribution in [0.2, 0.25) is 5.02 Å². The Kier molecular flexibility index (Phi) is 8.77. The first kappa shape index (κ1) is 27.8. The molecule has 0 radical (unpaired) electrons. The number of anilines is 1. The zero-order valence-corrected chi connectivity index (χ0v) is 24.3. The van der Waals surface area contributed by atoms with Crippen molar-refractivity contribution in [1.82, 2.24) is 14.8 Å². The number of hydrogen-bond acceptors (Lipinski definition) is 7. The van der Waals surface area contributed by atoms with Gasteiger partial charge >= 0.3 is 5.97 Å². The second-order valence-corrected chi connectivity index (χ2v) is 10.9. The molecule has 1 aromatic heterocycles. The molecule has 1 N–H and O–H groups in total. The molecule has 1 aliphatic heterocycles. The van der Waals surface area contributed by atoms with E-state index in [4.69, 9.17) is 31.2 Å². The Hall–Kier alpha value is -3.75. The normalized spacial score (nSPS) is 14.4. The van der Waals surface area contributed by atoms with E-state index in [0.717, 1.165) is 28.9 Å². The van der Waals surface area contributed by atoms with Gasteiger partial charge in [0.2, 0.25) is 11.1 Å². The van der Waals surface area contributed by atoms with Gasteiger partial charge in [-0.15, -0.1) is 5.10 Å². The van der Waals surface area contributed by atoms with E-state index >= 15 is 0 Å². The fourth-order valence-electron chi connectivity index (χ4n) is 4.39. The van der Waals surface area contributed by atoms with Crippen LogP contribution in [0.4, 0.5) is 5.95 Å². The van der Waals surface area contributed by atoms with Crippen molar-refractivity contribution in [3.63, 3.8) is 0 Å². The highest BCUT2D eigenvalue weighted by Crippen LogP contribution is 2.38. The van der Waals surface area contributed by atoms with Crippen molar-refractivity contribution in [1.29, 1.82) is 0 Å². The van der Waals surface area contributed by atoms with E-state index in [1.807, 2.05) is 62.4 Å². The van der Waals surface area contributed by atoms with E-state index in [1.54, 1.807) is 4.68 Å². The quantitative estimate of drug-likeness (QED) is 0.157. The number of ether oxygens (including phenoxy) is 2. The number of aryl methyl sites for hydroxylation is 1. The third-order valence-corrected chi connectivity index (χ3v) is 7.78. The van der Waals surface area contributed by atoms with Crippen molar-refractivity contribution in [3.05, 3.63) is 111 Å². The highest BCUT2D eigenvalue weighted by molar-refractivity contribution is 7.98. The van der Waals surface area contributed by atoms with Crippen LogP contribution in [0.5, 0.6) is 5.75 Å². The summed E-state index contributed by atoms with van der Waals surface area (Å²) in [4.78, 5) is 18.0. The monoisotopic (exact) mass is 574 g/mol. The summed E-state index contributed by atoms with van der Waals surface area (Å²) < 4.78 is 13.3. The first-order chi connectivity index (χ1) is 19.4. The maximum Gasteiger partial charge on any atom is 0.338 e. The van der Waals surface area contributed by atoms with E-state index in [9.17, 15) is 4.79 Å². The smallest absolute Gasteiger partial charge is 0.338 e. The summed E-state index contributed by atoms with van der Waals surface area (Å²) in [5.74, 6) is 1.56. The fraction of sp³-hybridized carbons (Fsp3) is 0.258. The highest BCUT2D eigenvalue weighted by Gasteiger charge is 2.35. The molecule has 0 saturated heterocycles. The molecule has 40 heavy (non-hydrogen) atoms. The maximum absolute atomic E-state index is 13.2. The summed E-state index contributed by atoms with van der Waals surface area (Å²) in [6.07, 6.45) is 0.737. The molecule has 7 nitrogen and oxygen atoms in total. The van der Waals surface area contributed by atoms with Gasteiger partial charge in [0, 0.05) is 16.5 Å². The van der Waals surface area contributed by atoms with Crippen LogP contribution < -0.4 is 10.1 Å². The SMILES string of the molecule is CCCOC(=O)C1=C(C)Nc2nc(SCc3ccccc3Cl)nn2C1c1ccc(OCc2ccc(C)cc2)cc1. The van der Waals surface area contributed by atoms with Gasteiger partial charge in [0.15, 0.2) is 0 Å². The average molecular weight is 575 g/mol. The zero-order valence-electron chi connectivity index (χ0n) is 22.7. The van der Waals surface area contributed by atoms with Crippen molar-refractivity contribution < 1.29 is 14.3 Å². The molecular weight excluding hydrogens is 544 g/mol. The first-order valence-corrected chi connectivity index (χ1v) is 14.5. The molecule has 0 bridgehead atoms. The molecule has 0 amide bonds. The number of halogens is 1. The molecule has 206 valence electrons. The maximum atomic E-state index is 13.2. The number of hydrogen-bond donors (Lipinski definition) is 1. The van der Waals surface area contributed by atoms with Gasteiger partial charge in [-0.2, -0.15) is 4.98 Å². The van der Waals surface area contributed by atoms with E-state index in [2.05, 4.69) is 36.5 Å². The molecule has 9 heteroatoms. The Morgan fingerprint density at radius 3 is 2.52 bits per heavy atom. The number of nitrogens with zero attached hydrogens (tertiary/aromatic N) is 3. The van der Waals surface area contributed by atoms with E-state index in [-0.39, 0.29) is 5.97 Å². The van der Waals surface area contributed by atoms with Gasteiger partial charge in [-0.25, -0.2) is 9.48 Å². The van der Waals surface area contributed by atoms with Gasteiger partial charge in [0.1, 0.15) is 18.4 Å². The Balaban J connectivity index is 1.41. The van der Waals surface area contributed by atoms with E-state index in [1.165, 1.54) is 17.3 Å². The lowest BCUT2D eigenvalue weighted by Gasteiger charge is -2.28. The molecule has 1 unspecified atom stereocenters. The minimum Gasteiger partial charge on any atom is -0.489 e. The van der Waals surface area contributed by atoms with Crippen LogP contribution in [0, 0.1) is 6.92 Å². The summed E-state index contributed by atoms with van der Waals surface area (Å²) in [7, 11) is 0. The van der Waals surface area contributed by atoms with E-state index in [0.29, 0.717) is 46.4 Å². The second-order valence-electron chi connectivity index (χ2n) is 9.59. The van der Waals surface area contributed by atoms with Crippen LogP contribution in [-0.2, 0) is 21.9 Å². The molecule has 1 atom stereocenters. The lowest BCUT2D eigenvalue weighted by molar-refractivity contribution is -0.139. The van der Waals surface area contributed by atoms with Crippen molar-refractivity contribution in [2.24, 2.45) is 0 Å². The number of fused-ring (bicyclic) bond motifs is 1. The summed E-state index contributed by atoms with van der Waals surface area (Å²) >= 11 is 7.83. The number of carbonyl (C=O) groups excluding carboxylic acids is 1. The predicted octanol–water partition coefficient (Wildman–Crippen LogP) is 7.35. The van der Waals surface area contributed by atoms with Gasteiger partial charge in [-0.3, -0.25) is 0 Å². The minimum absolute atomic E-state index is 0.345. The molecule has 0 saturated carbocycles. The molecule has 0 fully saturated rings. The first-order valence-electron chi connectivity index (χ1n) is 13.2.